The fourth-order valence-electron chi connectivity index (χ4n) is 3.25. The average Bonchev–Trinajstić information content (AvgIpc) is 3.27. The first-order valence-electron chi connectivity index (χ1n) is 9.75. The molecule has 29 heavy (non-hydrogen) atoms. The molecule has 1 unspecified atom stereocenters. The number of hydrogen-bond donors (Lipinski definition) is 1. The van der Waals surface area contributed by atoms with Crippen LogP contribution in [-0.4, -0.2) is 39.0 Å². The molecule has 1 atom stereocenters. The minimum absolute atomic E-state index is 0.0718. The molecule has 7 nitrogen and oxygen atoms in total. The van der Waals surface area contributed by atoms with E-state index in [0.717, 1.165) is 22.3 Å². The van der Waals surface area contributed by atoms with E-state index in [2.05, 4.69) is 20.6 Å². The molecule has 0 saturated heterocycles. The van der Waals surface area contributed by atoms with Crippen molar-refractivity contribution in [2.45, 2.75) is 33.1 Å². The number of Topliss-reactive ketones (excluding diaryl/α,β-unsaturated/α-hetero) is 1. The third-order valence-corrected chi connectivity index (χ3v) is 4.67. The highest BCUT2D eigenvalue weighted by Gasteiger charge is 2.27. The molecule has 1 aromatic heterocycles. The number of nitrogens with one attached hydrogen (secondary N) is 1. The lowest BCUT2D eigenvalue weighted by molar-refractivity contribution is -0.151. The van der Waals surface area contributed by atoms with Crippen LogP contribution in [0.1, 0.15) is 32.3 Å². The van der Waals surface area contributed by atoms with E-state index in [9.17, 15) is 9.59 Å². The Morgan fingerprint density at radius 3 is 2.38 bits per heavy atom. The van der Waals surface area contributed by atoms with Gasteiger partial charge in [-0.3, -0.25) is 9.59 Å². The molecule has 3 rings (SSSR count). The molecule has 0 aliphatic carbocycles. The number of esters is 1. The van der Waals surface area contributed by atoms with Gasteiger partial charge in [0.1, 0.15) is 11.7 Å². The molecule has 0 spiro atoms. The molecule has 0 radical (unpaired) electrons. The van der Waals surface area contributed by atoms with Crippen molar-refractivity contribution in [2.24, 2.45) is 5.92 Å². The average molecular weight is 392 g/mol. The van der Waals surface area contributed by atoms with E-state index in [-0.39, 0.29) is 12.4 Å². The van der Waals surface area contributed by atoms with Crippen molar-refractivity contribution in [1.29, 1.82) is 0 Å². The van der Waals surface area contributed by atoms with E-state index in [0.29, 0.717) is 25.1 Å². The van der Waals surface area contributed by atoms with Crippen LogP contribution < -0.4 is 0 Å². The third kappa shape index (κ3) is 4.93. The Balaban J connectivity index is 1.83. The summed E-state index contributed by atoms with van der Waals surface area (Å²) in [5, 5.41) is 14.2. The van der Waals surface area contributed by atoms with E-state index < -0.39 is 11.9 Å². The van der Waals surface area contributed by atoms with Crippen molar-refractivity contribution in [3.63, 3.8) is 0 Å². The van der Waals surface area contributed by atoms with Gasteiger partial charge in [-0.05, 0) is 41.7 Å². The first-order chi connectivity index (χ1) is 14.1. The number of H-pyrrole nitrogens is 1. The fraction of sp³-hybridized carbons (Fsp3) is 0.318. The highest BCUT2D eigenvalue weighted by molar-refractivity contribution is 5.99. The number of ketones is 1. The molecule has 0 saturated carbocycles. The standard InChI is InChI=1S/C22H24N4O3/c1-3-7-20(27)19(22(28)29-4-2)14-15-10-12-16(13-11-15)17-8-5-6-9-18(17)21-23-25-26-24-21/h5-6,8-13,19H,3-4,7,14H2,1-2H3,(H,23,24,25,26). The van der Waals surface area contributed by atoms with Crippen LogP contribution in [0.2, 0.25) is 0 Å². The second-order valence-corrected chi connectivity index (χ2v) is 6.70. The van der Waals surface area contributed by atoms with Crippen LogP contribution in [0.4, 0.5) is 0 Å². The second-order valence-electron chi connectivity index (χ2n) is 6.70. The van der Waals surface area contributed by atoms with Crippen molar-refractivity contribution < 1.29 is 14.3 Å². The Morgan fingerprint density at radius 2 is 1.76 bits per heavy atom. The van der Waals surface area contributed by atoms with Crippen molar-refractivity contribution in [1.82, 2.24) is 20.6 Å². The zero-order valence-electron chi connectivity index (χ0n) is 16.6. The van der Waals surface area contributed by atoms with Crippen LogP contribution >= 0.6 is 0 Å². The normalized spacial score (nSPS) is 11.8. The quantitative estimate of drug-likeness (QED) is 0.441. The number of benzene rings is 2. The summed E-state index contributed by atoms with van der Waals surface area (Å²) in [6.07, 6.45) is 1.42. The Bertz CT molecular complexity index is 934. The maximum atomic E-state index is 12.4. The minimum atomic E-state index is -0.757. The number of hydrogen-bond acceptors (Lipinski definition) is 6. The predicted octanol–water partition coefficient (Wildman–Crippen LogP) is 3.62. The maximum absolute atomic E-state index is 12.4. The molecule has 0 aliphatic rings. The van der Waals surface area contributed by atoms with E-state index in [4.69, 9.17) is 4.74 Å². The number of carbonyl (C=O) groups excluding carboxylic acids is 2. The molecular formula is C22H24N4O3. The summed E-state index contributed by atoms with van der Waals surface area (Å²) in [5.74, 6) is -0.750. The van der Waals surface area contributed by atoms with Gasteiger partial charge < -0.3 is 4.74 Å². The van der Waals surface area contributed by atoms with Gasteiger partial charge >= 0.3 is 5.97 Å². The summed E-state index contributed by atoms with van der Waals surface area (Å²) >= 11 is 0. The van der Waals surface area contributed by atoms with Crippen LogP contribution in [0.3, 0.4) is 0 Å². The van der Waals surface area contributed by atoms with E-state index in [1.807, 2.05) is 55.5 Å². The topological polar surface area (TPSA) is 97.8 Å². The van der Waals surface area contributed by atoms with Crippen LogP contribution in [0, 0.1) is 5.92 Å². The number of nitrogens with zero attached hydrogens (tertiary/aromatic N) is 3. The molecule has 1 heterocycles. The number of aromatic nitrogens is 4. The molecule has 0 aliphatic heterocycles. The second kappa shape index (κ2) is 9.73. The highest BCUT2D eigenvalue weighted by Crippen LogP contribution is 2.30. The number of rotatable bonds is 9. The van der Waals surface area contributed by atoms with Gasteiger partial charge in [0.15, 0.2) is 0 Å². The van der Waals surface area contributed by atoms with Crippen molar-refractivity contribution in [2.75, 3.05) is 6.61 Å². The molecule has 0 bridgehead atoms. The lowest BCUT2D eigenvalue weighted by Crippen LogP contribution is -2.28. The Kier molecular flexibility index (Phi) is 6.84. The Hall–Kier alpha value is -3.35. The minimum Gasteiger partial charge on any atom is -0.465 e. The van der Waals surface area contributed by atoms with Crippen molar-refractivity contribution in [3.05, 3.63) is 54.1 Å². The molecule has 0 amide bonds. The molecular weight excluding hydrogens is 368 g/mol. The van der Waals surface area contributed by atoms with Gasteiger partial charge in [0.2, 0.25) is 5.82 Å². The van der Waals surface area contributed by atoms with Gasteiger partial charge in [0.25, 0.3) is 0 Å². The molecule has 3 aromatic rings. The predicted molar refractivity (Wildman–Crippen MR) is 109 cm³/mol. The summed E-state index contributed by atoms with van der Waals surface area (Å²) in [5.41, 5.74) is 3.75. The summed E-state index contributed by atoms with van der Waals surface area (Å²) in [6, 6.07) is 15.6. The third-order valence-electron chi connectivity index (χ3n) is 4.67. The van der Waals surface area contributed by atoms with Crippen LogP contribution in [0.15, 0.2) is 48.5 Å². The summed E-state index contributed by atoms with van der Waals surface area (Å²) in [6.45, 7) is 3.94. The number of aromatic amines is 1. The molecule has 7 heteroatoms. The van der Waals surface area contributed by atoms with E-state index >= 15 is 0 Å². The van der Waals surface area contributed by atoms with E-state index in [1.165, 1.54) is 0 Å². The van der Waals surface area contributed by atoms with Gasteiger partial charge in [-0.1, -0.05) is 55.5 Å². The monoisotopic (exact) mass is 392 g/mol. The number of carbonyl (C=O) groups is 2. The smallest absolute Gasteiger partial charge is 0.316 e. The molecule has 150 valence electrons. The van der Waals surface area contributed by atoms with Gasteiger partial charge in [-0.2, -0.15) is 5.21 Å². The summed E-state index contributed by atoms with van der Waals surface area (Å²) in [4.78, 5) is 24.7. The largest absolute Gasteiger partial charge is 0.465 e. The van der Waals surface area contributed by atoms with Gasteiger partial charge in [-0.15, -0.1) is 10.2 Å². The zero-order valence-corrected chi connectivity index (χ0v) is 16.6. The molecule has 1 N–H and O–H groups in total. The van der Waals surface area contributed by atoms with Gasteiger partial charge in [0.05, 0.1) is 6.61 Å². The summed E-state index contributed by atoms with van der Waals surface area (Å²) < 4.78 is 5.11. The Morgan fingerprint density at radius 1 is 1.03 bits per heavy atom. The number of ether oxygens (including phenoxy) is 1. The first kappa shape index (κ1) is 20.4. The van der Waals surface area contributed by atoms with Crippen molar-refractivity contribution >= 4 is 11.8 Å². The Labute approximate surface area is 169 Å². The lowest BCUT2D eigenvalue weighted by atomic mass is 9.91. The van der Waals surface area contributed by atoms with Crippen molar-refractivity contribution in [3.8, 4) is 22.5 Å². The van der Waals surface area contributed by atoms with Crippen LogP contribution in [0.25, 0.3) is 22.5 Å². The first-order valence-corrected chi connectivity index (χ1v) is 9.75. The van der Waals surface area contributed by atoms with Crippen LogP contribution in [-0.2, 0) is 20.7 Å². The molecule has 0 fully saturated rings. The van der Waals surface area contributed by atoms with Crippen LogP contribution in [0.5, 0.6) is 0 Å². The maximum Gasteiger partial charge on any atom is 0.316 e. The van der Waals surface area contributed by atoms with Gasteiger partial charge in [-0.25, -0.2) is 0 Å². The van der Waals surface area contributed by atoms with E-state index in [1.54, 1.807) is 6.92 Å². The fourth-order valence-corrected chi connectivity index (χ4v) is 3.25. The van der Waals surface area contributed by atoms with Gasteiger partial charge in [0, 0.05) is 12.0 Å². The summed E-state index contributed by atoms with van der Waals surface area (Å²) in [7, 11) is 0. The molecule has 2 aromatic carbocycles. The highest BCUT2D eigenvalue weighted by atomic mass is 16.5. The lowest BCUT2D eigenvalue weighted by Gasteiger charge is -2.15. The zero-order chi connectivity index (χ0) is 20.6. The number of tetrazole rings is 1. The SMILES string of the molecule is CCCC(=O)C(Cc1ccc(-c2ccccc2-c2nn[nH]n2)cc1)C(=O)OCC.